The predicted molar refractivity (Wildman–Crippen MR) is 68.7 cm³/mol. The van der Waals surface area contributed by atoms with Gasteiger partial charge < -0.3 is 10.7 Å². The van der Waals surface area contributed by atoms with Crippen molar-refractivity contribution in [2.45, 2.75) is 26.2 Å². The Balaban J connectivity index is 1.90. The smallest absolute Gasteiger partial charge is 0.271 e. The van der Waals surface area contributed by atoms with Gasteiger partial charge in [-0.3, -0.25) is 9.78 Å². The van der Waals surface area contributed by atoms with Crippen LogP contribution in [0.1, 0.15) is 36.7 Å². The molecule has 0 aromatic carbocycles. The zero-order valence-corrected chi connectivity index (χ0v) is 10.5. The second-order valence-corrected chi connectivity index (χ2v) is 4.81. The van der Waals surface area contributed by atoms with Crippen LogP contribution in [0.5, 0.6) is 0 Å². The van der Waals surface area contributed by atoms with Crippen molar-refractivity contribution >= 4 is 11.7 Å². The lowest BCUT2D eigenvalue weighted by atomic mass is 9.98. The van der Waals surface area contributed by atoms with Gasteiger partial charge in [0.05, 0.1) is 12.4 Å². The number of carbonyl (C=O) groups is 1. The summed E-state index contributed by atoms with van der Waals surface area (Å²) in [6, 6.07) is 0. The molecule has 98 valence electrons. The fraction of sp³-hybridized carbons (Fsp3) is 0.583. The summed E-state index contributed by atoms with van der Waals surface area (Å²) in [7, 11) is 0. The molecule has 2 rings (SSSR count). The van der Waals surface area contributed by atoms with E-state index >= 15 is 0 Å². The maximum atomic E-state index is 11.9. The van der Waals surface area contributed by atoms with Gasteiger partial charge in [-0.25, -0.2) is 10.8 Å². The van der Waals surface area contributed by atoms with Crippen LogP contribution in [0.15, 0.2) is 12.4 Å². The molecular formula is C12H19N5O. The molecule has 2 unspecified atom stereocenters. The third-order valence-electron chi connectivity index (χ3n) is 3.58. The molecule has 6 nitrogen and oxygen atoms in total. The summed E-state index contributed by atoms with van der Waals surface area (Å²) in [4.78, 5) is 19.8. The average Bonchev–Trinajstić information content (AvgIpc) is 2.81. The number of nitrogens with zero attached hydrogens (tertiary/aromatic N) is 2. The number of nitrogen functional groups attached to an aromatic ring is 1. The first-order valence-electron chi connectivity index (χ1n) is 6.27. The molecule has 1 aliphatic rings. The third kappa shape index (κ3) is 2.95. The highest BCUT2D eigenvalue weighted by Gasteiger charge is 2.23. The molecule has 0 bridgehead atoms. The molecule has 0 radical (unpaired) electrons. The van der Waals surface area contributed by atoms with Crippen molar-refractivity contribution in [2.75, 3.05) is 12.0 Å². The summed E-state index contributed by atoms with van der Waals surface area (Å²) in [6.45, 7) is 2.95. The molecule has 0 spiro atoms. The van der Waals surface area contributed by atoms with Gasteiger partial charge in [-0.2, -0.15) is 0 Å². The van der Waals surface area contributed by atoms with E-state index in [9.17, 15) is 4.79 Å². The van der Waals surface area contributed by atoms with Crippen LogP contribution in [-0.2, 0) is 0 Å². The number of anilines is 1. The number of nitrogens with two attached hydrogens (primary N) is 1. The van der Waals surface area contributed by atoms with Crippen molar-refractivity contribution < 1.29 is 4.79 Å². The monoisotopic (exact) mass is 249 g/mol. The molecule has 0 aliphatic heterocycles. The summed E-state index contributed by atoms with van der Waals surface area (Å²) in [5, 5.41) is 2.91. The van der Waals surface area contributed by atoms with Gasteiger partial charge in [-0.05, 0) is 18.3 Å². The summed E-state index contributed by atoms with van der Waals surface area (Å²) in [6.07, 6.45) is 6.61. The normalized spacial score (nSPS) is 22.8. The van der Waals surface area contributed by atoms with E-state index in [1.807, 2.05) is 0 Å². The van der Waals surface area contributed by atoms with Gasteiger partial charge in [-0.15, -0.1) is 0 Å². The number of carbonyl (C=O) groups excluding carboxylic acids is 1. The Morgan fingerprint density at radius 2 is 2.33 bits per heavy atom. The van der Waals surface area contributed by atoms with Crippen molar-refractivity contribution in [1.82, 2.24) is 15.3 Å². The molecule has 1 amide bonds. The molecule has 1 aliphatic carbocycles. The highest BCUT2D eigenvalue weighted by molar-refractivity contribution is 5.92. The Bertz CT molecular complexity index is 423. The lowest BCUT2D eigenvalue weighted by molar-refractivity contribution is 0.0939. The fourth-order valence-corrected chi connectivity index (χ4v) is 2.38. The van der Waals surface area contributed by atoms with Crippen molar-refractivity contribution in [3.63, 3.8) is 0 Å². The van der Waals surface area contributed by atoms with Crippen LogP contribution in [0.25, 0.3) is 0 Å². The predicted octanol–water partition coefficient (Wildman–Crippen LogP) is 0.928. The second-order valence-electron chi connectivity index (χ2n) is 4.81. The highest BCUT2D eigenvalue weighted by Crippen LogP contribution is 2.30. The number of hydrazine groups is 1. The first-order chi connectivity index (χ1) is 8.70. The second kappa shape index (κ2) is 5.77. The summed E-state index contributed by atoms with van der Waals surface area (Å²) in [5.41, 5.74) is 2.66. The molecule has 1 heterocycles. The van der Waals surface area contributed by atoms with Gasteiger partial charge in [0.1, 0.15) is 5.69 Å². The average molecular weight is 249 g/mol. The van der Waals surface area contributed by atoms with Crippen LogP contribution >= 0.6 is 0 Å². The largest absolute Gasteiger partial charge is 0.350 e. The summed E-state index contributed by atoms with van der Waals surface area (Å²) < 4.78 is 0. The van der Waals surface area contributed by atoms with E-state index in [0.717, 1.165) is 0 Å². The van der Waals surface area contributed by atoms with Gasteiger partial charge >= 0.3 is 0 Å². The number of rotatable bonds is 4. The fourth-order valence-electron chi connectivity index (χ4n) is 2.38. The lowest BCUT2D eigenvalue weighted by Crippen LogP contribution is -2.31. The van der Waals surface area contributed by atoms with Crippen molar-refractivity contribution in [3.05, 3.63) is 18.1 Å². The first-order valence-corrected chi connectivity index (χ1v) is 6.27. The topological polar surface area (TPSA) is 92.9 Å². The molecule has 0 saturated heterocycles. The number of hydrogen-bond acceptors (Lipinski definition) is 5. The molecule has 2 atom stereocenters. The molecule has 6 heteroatoms. The van der Waals surface area contributed by atoms with Crippen molar-refractivity contribution in [1.29, 1.82) is 0 Å². The van der Waals surface area contributed by atoms with E-state index in [-0.39, 0.29) is 11.6 Å². The minimum atomic E-state index is -0.196. The van der Waals surface area contributed by atoms with E-state index in [0.29, 0.717) is 24.2 Å². The Hall–Kier alpha value is -1.69. The Kier molecular flexibility index (Phi) is 4.09. The van der Waals surface area contributed by atoms with Crippen LogP contribution < -0.4 is 16.6 Å². The SMILES string of the molecule is CC1CCCC1CNC(=O)c1cncc(NN)n1. The molecule has 1 aromatic heterocycles. The maximum absolute atomic E-state index is 11.9. The Morgan fingerprint density at radius 3 is 3.00 bits per heavy atom. The Morgan fingerprint density at radius 1 is 1.50 bits per heavy atom. The zero-order valence-electron chi connectivity index (χ0n) is 10.5. The highest BCUT2D eigenvalue weighted by atomic mass is 16.1. The van der Waals surface area contributed by atoms with E-state index in [4.69, 9.17) is 5.84 Å². The van der Waals surface area contributed by atoms with E-state index in [2.05, 4.69) is 27.6 Å². The molecular weight excluding hydrogens is 230 g/mol. The minimum absolute atomic E-state index is 0.196. The maximum Gasteiger partial charge on any atom is 0.271 e. The molecule has 18 heavy (non-hydrogen) atoms. The standard InChI is InChI=1S/C12H19N5O/c1-8-3-2-4-9(8)5-15-12(18)10-6-14-7-11(16-10)17-13/h6-9H,2-5,13H2,1H3,(H,15,18)(H,16,17). The van der Waals surface area contributed by atoms with Gasteiger partial charge in [0, 0.05) is 6.54 Å². The van der Waals surface area contributed by atoms with E-state index < -0.39 is 0 Å². The lowest BCUT2D eigenvalue weighted by Gasteiger charge is -2.15. The van der Waals surface area contributed by atoms with Crippen LogP contribution in [0.3, 0.4) is 0 Å². The first kappa shape index (κ1) is 12.8. The molecule has 1 aromatic rings. The van der Waals surface area contributed by atoms with Gasteiger partial charge in [0.15, 0.2) is 5.82 Å². The Labute approximate surface area is 106 Å². The summed E-state index contributed by atoms with van der Waals surface area (Å²) >= 11 is 0. The summed E-state index contributed by atoms with van der Waals surface area (Å²) in [5.74, 6) is 6.69. The van der Waals surface area contributed by atoms with Crippen molar-refractivity contribution in [2.24, 2.45) is 17.7 Å². The molecule has 4 N–H and O–H groups in total. The molecule has 1 fully saturated rings. The van der Waals surface area contributed by atoms with Gasteiger partial charge in [0.2, 0.25) is 0 Å². The van der Waals surface area contributed by atoms with Crippen molar-refractivity contribution in [3.8, 4) is 0 Å². The molecule has 1 saturated carbocycles. The minimum Gasteiger partial charge on any atom is -0.350 e. The van der Waals surface area contributed by atoms with E-state index in [1.54, 1.807) is 0 Å². The third-order valence-corrected chi connectivity index (χ3v) is 3.58. The number of hydrogen-bond donors (Lipinski definition) is 3. The van der Waals surface area contributed by atoms with Crippen LogP contribution in [0, 0.1) is 11.8 Å². The van der Waals surface area contributed by atoms with Gasteiger partial charge in [0.25, 0.3) is 5.91 Å². The van der Waals surface area contributed by atoms with Gasteiger partial charge in [-0.1, -0.05) is 19.8 Å². The quantitative estimate of drug-likeness (QED) is 0.545. The van der Waals surface area contributed by atoms with Crippen LogP contribution in [0.4, 0.5) is 5.82 Å². The zero-order chi connectivity index (χ0) is 13.0. The number of amides is 1. The number of nitrogens with one attached hydrogen (secondary N) is 2. The number of aromatic nitrogens is 2. The van der Waals surface area contributed by atoms with E-state index in [1.165, 1.54) is 31.7 Å². The van der Waals surface area contributed by atoms with Crippen LogP contribution in [-0.4, -0.2) is 22.4 Å². The van der Waals surface area contributed by atoms with Crippen LogP contribution in [0.2, 0.25) is 0 Å².